The predicted molar refractivity (Wildman–Crippen MR) is 164 cm³/mol. The molecule has 0 aromatic heterocycles. The van der Waals surface area contributed by atoms with Crippen molar-refractivity contribution in [3.05, 3.63) is 166 Å². The highest BCUT2D eigenvalue weighted by Gasteiger charge is 2.53. The summed E-state index contributed by atoms with van der Waals surface area (Å²) in [6.07, 6.45) is 0. The molecule has 2 aliphatic rings. The van der Waals surface area contributed by atoms with E-state index in [-0.39, 0.29) is 10.8 Å². The molecule has 0 nitrogen and oxygen atoms in total. The summed E-state index contributed by atoms with van der Waals surface area (Å²) in [6, 6.07) is 47.0. The van der Waals surface area contributed by atoms with Crippen LogP contribution in [-0.2, 0) is 10.8 Å². The second-order valence-electron chi connectivity index (χ2n) is 11.4. The SMILES string of the molecule is CC1(C)c2ccccc2C2(c3ccccc3-c3ccc(-c4ccc(Cl)c5ccccc45)cc32)c2ccccc21. The number of hydrogen-bond acceptors (Lipinski definition) is 0. The van der Waals surface area contributed by atoms with Gasteiger partial charge in [0.05, 0.1) is 5.41 Å². The number of benzene rings is 6. The fraction of sp³-hybridized carbons (Fsp3) is 0.105. The Morgan fingerprint density at radius 2 is 0.949 bits per heavy atom. The summed E-state index contributed by atoms with van der Waals surface area (Å²) in [4.78, 5) is 0. The molecule has 0 fully saturated rings. The Bertz CT molecular complexity index is 1910. The highest BCUT2D eigenvalue weighted by Crippen LogP contribution is 2.62. The van der Waals surface area contributed by atoms with Crippen LogP contribution in [0.5, 0.6) is 0 Å². The summed E-state index contributed by atoms with van der Waals surface area (Å²) in [7, 11) is 0. The summed E-state index contributed by atoms with van der Waals surface area (Å²) in [5.41, 5.74) is 12.9. The van der Waals surface area contributed by atoms with Gasteiger partial charge in [0.25, 0.3) is 0 Å². The lowest BCUT2D eigenvalue weighted by Gasteiger charge is -2.46. The second-order valence-corrected chi connectivity index (χ2v) is 11.8. The van der Waals surface area contributed by atoms with Crippen molar-refractivity contribution in [2.75, 3.05) is 0 Å². The number of hydrogen-bond donors (Lipinski definition) is 0. The van der Waals surface area contributed by atoms with E-state index in [4.69, 9.17) is 11.6 Å². The summed E-state index contributed by atoms with van der Waals surface area (Å²) < 4.78 is 0. The van der Waals surface area contributed by atoms with Crippen LogP contribution in [0.15, 0.2) is 127 Å². The zero-order chi connectivity index (χ0) is 26.4. The van der Waals surface area contributed by atoms with Crippen molar-refractivity contribution in [1.82, 2.24) is 0 Å². The second kappa shape index (κ2) is 7.94. The summed E-state index contributed by atoms with van der Waals surface area (Å²) in [6.45, 7) is 4.74. The van der Waals surface area contributed by atoms with E-state index in [1.807, 2.05) is 6.07 Å². The van der Waals surface area contributed by atoms with E-state index in [1.54, 1.807) is 0 Å². The van der Waals surface area contributed by atoms with Crippen LogP contribution in [0.2, 0.25) is 5.02 Å². The van der Waals surface area contributed by atoms with Crippen molar-refractivity contribution >= 4 is 22.4 Å². The van der Waals surface area contributed by atoms with Gasteiger partial charge in [-0.2, -0.15) is 0 Å². The Morgan fingerprint density at radius 3 is 1.64 bits per heavy atom. The standard InChI is InChI=1S/C38H27Cl/c1-37(2)31-15-7-9-17-33(31)38(34-18-10-8-16-32(34)37)30-14-6-5-12-27(30)28-20-19-24(23-35(28)38)25-21-22-36(39)29-13-4-3-11-26(25)29/h3-23H,1-2H3. The van der Waals surface area contributed by atoms with Gasteiger partial charge >= 0.3 is 0 Å². The molecule has 1 spiro atoms. The van der Waals surface area contributed by atoms with E-state index in [9.17, 15) is 0 Å². The van der Waals surface area contributed by atoms with Crippen molar-refractivity contribution in [3.63, 3.8) is 0 Å². The van der Waals surface area contributed by atoms with Gasteiger partial charge in [0.15, 0.2) is 0 Å². The molecule has 0 aliphatic heterocycles. The third-order valence-corrected chi connectivity index (χ3v) is 9.57. The van der Waals surface area contributed by atoms with Gasteiger partial charge in [-0.15, -0.1) is 0 Å². The van der Waals surface area contributed by atoms with Crippen LogP contribution in [0.1, 0.15) is 47.2 Å². The van der Waals surface area contributed by atoms with Crippen molar-refractivity contribution in [2.45, 2.75) is 24.7 Å². The molecule has 0 unspecified atom stereocenters. The molecule has 6 aromatic rings. The van der Waals surface area contributed by atoms with Gasteiger partial charge in [-0.25, -0.2) is 0 Å². The molecule has 0 saturated carbocycles. The molecule has 2 aliphatic carbocycles. The Labute approximate surface area is 234 Å². The van der Waals surface area contributed by atoms with Crippen LogP contribution >= 0.6 is 11.6 Å². The molecule has 6 aromatic carbocycles. The molecule has 39 heavy (non-hydrogen) atoms. The molecule has 0 saturated heterocycles. The van der Waals surface area contributed by atoms with Gasteiger partial charge in [0.1, 0.15) is 0 Å². The van der Waals surface area contributed by atoms with E-state index in [0.717, 1.165) is 10.4 Å². The number of halogens is 1. The molecule has 0 bridgehead atoms. The lowest BCUT2D eigenvalue weighted by Crippen LogP contribution is -2.40. The topological polar surface area (TPSA) is 0 Å². The lowest BCUT2D eigenvalue weighted by atomic mass is 9.55. The van der Waals surface area contributed by atoms with E-state index in [0.29, 0.717) is 0 Å². The van der Waals surface area contributed by atoms with E-state index < -0.39 is 0 Å². The minimum Gasteiger partial charge on any atom is -0.0837 e. The maximum Gasteiger partial charge on any atom is 0.0719 e. The van der Waals surface area contributed by atoms with E-state index >= 15 is 0 Å². The zero-order valence-corrected chi connectivity index (χ0v) is 22.8. The van der Waals surface area contributed by atoms with Crippen molar-refractivity contribution in [3.8, 4) is 22.3 Å². The van der Waals surface area contributed by atoms with Crippen molar-refractivity contribution in [1.29, 1.82) is 0 Å². The molecule has 0 N–H and O–H groups in total. The third kappa shape index (κ3) is 2.85. The Kier molecular flexibility index (Phi) is 4.65. The largest absolute Gasteiger partial charge is 0.0837 e. The first-order chi connectivity index (χ1) is 19.0. The Balaban J connectivity index is 1.52. The summed E-state index contributed by atoms with van der Waals surface area (Å²) in [5, 5.41) is 3.06. The van der Waals surface area contributed by atoms with Crippen LogP contribution < -0.4 is 0 Å². The van der Waals surface area contributed by atoms with Gasteiger partial charge in [-0.1, -0.05) is 141 Å². The summed E-state index contributed by atoms with van der Waals surface area (Å²) >= 11 is 6.63. The predicted octanol–water partition coefficient (Wildman–Crippen LogP) is 10.2. The zero-order valence-electron chi connectivity index (χ0n) is 22.0. The minimum atomic E-state index is -0.382. The van der Waals surface area contributed by atoms with Crippen molar-refractivity contribution in [2.24, 2.45) is 0 Å². The van der Waals surface area contributed by atoms with Crippen LogP contribution in [0, 0.1) is 0 Å². The maximum atomic E-state index is 6.63. The molecule has 0 heterocycles. The fourth-order valence-corrected chi connectivity index (χ4v) is 7.77. The Morgan fingerprint density at radius 1 is 0.436 bits per heavy atom. The summed E-state index contributed by atoms with van der Waals surface area (Å²) in [5.74, 6) is 0. The van der Waals surface area contributed by atoms with Crippen LogP contribution in [0.3, 0.4) is 0 Å². The third-order valence-electron chi connectivity index (χ3n) is 9.24. The normalized spacial score (nSPS) is 15.5. The van der Waals surface area contributed by atoms with Gasteiger partial charge in [0, 0.05) is 15.8 Å². The van der Waals surface area contributed by atoms with E-state index in [1.165, 1.54) is 61.0 Å². The molecular weight excluding hydrogens is 492 g/mol. The Hall–Kier alpha value is -4.13. The van der Waals surface area contributed by atoms with Crippen LogP contribution in [-0.4, -0.2) is 0 Å². The lowest BCUT2D eigenvalue weighted by molar-refractivity contribution is 0.563. The number of rotatable bonds is 1. The highest BCUT2D eigenvalue weighted by atomic mass is 35.5. The monoisotopic (exact) mass is 518 g/mol. The smallest absolute Gasteiger partial charge is 0.0719 e. The quantitative estimate of drug-likeness (QED) is 0.203. The minimum absolute atomic E-state index is 0.0971. The highest BCUT2D eigenvalue weighted by molar-refractivity contribution is 6.36. The van der Waals surface area contributed by atoms with Gasteiger partial charge < -0.3 is 0 Å². The average Bonchev–Trinajstić information content (AvgIpc) is 3.27. The van der Waals surface area contributed by atoms with Crippen LogP contribution in [0.4, 0.5) is 0 Å². The van der Waals surface area contributed by atoms with Crippen molar-refractivity contribution < 1.29 is 0 Å². The first-order valence-electron chi connectivity index (χ1n) is 13.6. The van der Waals surface area contributed by atoms with E-state index in [2.05, 4.69) is 135 Å². The maximum absolute atomic E-state index is 6.63. The molecule has 0 atom stereocenters. The van der Waals surface area contributed by atoms with Gasteiger partial charge in [-0.05, 0) is 73.2 Å². The number of fused-ring (bicyclic) bond motifs is 10. The first kappa shape index (κ1) is 22.8. The van der Waals surface area contributed by atoms with Gasteiger partial charge in [-0.3, -0.25) is 0 Å². The first-order valence-corrected chi connectivity index (χ1v) is 14.0. The van der Waals surface area contributed by atoms with Gasteiger partial charge in [0.2, 0.25) is 0 Å². The molecule has 0 amide bonds. The molecular formula is C38H27Cl. The molecule has 1 heteroatoms. The molecule has 8 rings (SSSR count). The average molecular weight is 519 g/mol. The molecule has 186 valence electrons. The fourth-order valence-electron chi connectivity index (χ4n) is 7.54. The van der Waals surface area contributed by atoms with Crippen LogP contribution in [0.25, 0.3) is 33.0 Å². The molecule has 0 radical (unpaired) electrons.